The second kappa shape index (κ2) is 6.96. The standard InChI is InChI=1S/C22H20N4O/c1-26(2)19-9-7-15(8-10-19)14-24-18-12-16(11-17(23)13-18)22-25-20-5-3-4-6-21(20)27-22/h3-14H,23H2,1-2H3. The summed E-state index contributed by atoms with van der Waals surface area (Å²) < 4.78 is 5.84. The van der Waals surface area contributed by atoms with Gasteiger partial charge in [-0.15, -0.1) is 0 Å². The van der Waals surface area contributed by atoms with Crippen molar-refractivity contribution in [2.24, 2.45) is 4.99 Å². The molecule has 0 fully saturated rings. The highest BCUT2D eigenvalue weighted by Gasteiger charge is 2.09. The largest absolute Gasteiger partial charge is 0.436 e. The van der Waals surface area contributed by atoms with Crippen LogP contribution in [0, 0.1) is 0 Å². The molecule has 5 nitrogen and oxygen atoms in total. The van der Waals surface area contributed by atoms with E-state index in [1.54, 1.807) is 0 Å². The summed E-state index contributed by atoms with van der Waals surface area (Å²) in [5.41, 5.74) is 12.0. The smallest absolute Gasteiger partial charge is 0.227 e. The van der Waals surface area contributed by atoms with Crippen molar-refractivity contribution in [1.29, 1.82) is 0 Å². The maximum absolute atomic E-state index is 6.06. The summed E-state index contributed by atoms with van der Waals surface area (Å²) in [7, 11) is 4.03. The van der Waals surface area contributed by atoms with Crippen LogP contribution in [0.25, 0.3) is 22.6 Å². The SMILES string of the molecule is CN(C)c1ccc(C=Nc2cc(N)cc(-c3nc4ccccc4o3)c2)cc1. The third kappa shape index (κ3) is 3.67. The van der Waals surface area contributed by atoms with Gasteiger partial charge in [0.25, 0.3) is 0 Å². The van der Waals surface area contributed by atoms with Gasteiger partial charge in [-0.3, -0.25) is 4.99 Å². The molecule has 0 spiro atoms. The quantitative estimate of drug-likeness (QED) is 0.417. The predicted octanol–water partition coefficient (Wildman–Crippen LogP) is 4.89. The number of aromatic nitrogens is 1. The first-order valence-corrected chi connectivity index (χ1v) is 8.66. The average molecular weight is 356 g/mol. The molecule has 0 aliphatic rings. The molecule has 3 aromatic carbocycles. The van der Waals surface area contributed by atoms with Crippen molar-refractivity contribution in [3.05, 3.63) is 72.3 Å². The van der Waals surface area contributed by atoms with Gasteiger partial charge in [-0.2, -0.15) is 0 Å². The number of nitrogen functional groups attached to an aromatic ring is 1. The third-order valence-corrected chi connectivity index (χ3v) is 4.25. The Morgan fingerprint density at radius 2 is 1.78 bits per heavy atom. The lowest BCUT2D eigenvalue weighted by atomic mass is 10.1. The highest BCUT2D eigenvalue weighted by atomic mass is 16.3. The van der Waals surface area contributed by atoms with Gasteiger partial charge in [-0.25, -0.2) is 4.98 Å². The Balaban J connectivity index is 1.64. The van der Waals surface area contributed by atoms with Crippen molar-refractivity contribution in [3.8, 4) is 11.5 Å². The van der Waals surface area contributed by atoms with Gasteiger partial charge in [0.05, 0.1) is 5.69 Å². The van der Waals surface area contributed by atoms with Crippen LogP contribution in [0.1, 0.15) is 5.56 Å². The third-order valence-electron chi connectivity index (χ3n) is 4.25. The lowest BCUT2D eigenvalue weighted by Crippen LogP contribution is -2.08. The molecule has 1 aromatic heterocycles. The molecule has 0 radical (unpaired) electrons. The van der Waals surface area contributed by atoms with Crippen LogP contribution >= 0.6 is 0 Å². The molecule has 2 N–H and O–H groups in total. The van der Waals surface area contributed by atoms with Crippen molar-refractivity contribution < 1.29 is 4.42 Å². The van der Waals surface area contributed by atoms with Crippen LogP contribution in [-0.2, 0) is 0 Å². The van der Waals surface area contributed by atoms with E-state index < -0.39 is 0 Å². The molecule has 1 heterocycles. The summed E-state index contributed by atoms with van der Waals surface area (Å²) in [6.07, 6.45) is 1.82. The van der Waals surface area contributed by atoms with Gasteiger partial charge in [0.1, 0.15) is 5.52 Å². The fourth-order valence-electron chi connectivity index (χ4n) is 2.84. The fraction of sp³-hybridized carbons (Fsp3) is 0.0909. The molecular weight excluding hydrogens is 336 g/mol. The molecule has 0 atom stereocenters. The number of para-hydroxylation sites is 2. The topological polar surface area (TPSA) is 67.7 Å². The normalized spacial score (nSPS) is 11.3. The number of nitrogens with zero attached hydrogens (tertiary/aromatic N) is 3. The predicted molar refractivity (Wildman–Crippen MR) is 112 cm³/mol. The minimum Gasteiger partial charge on any atom is -0.436 e. The van der Waals surface area contributed by atoms with E-state index in [1.165, 1.54) is 0 Å². The Morgan fingerprint density at radius 3 is 2.52 bits per heavy atom. The minimum atomic E-state index is 0.537. The number of nitrogens with two attached hydrogens (primary N) is 1. The Bertz CT molecular complexity index is 1080. The first-order valence-electron chi connectivity index (χ1n) is 8.66. The van der Waals surface area contributed by atoms with Crippen LogP contribution < -0.4 is 10.6 Å². The number of anilines is 2. The van der Waals surface area contributed by atoms with Gasteiger partial charge in [0.15, 0.2) is 5.58 Å². The summed E-state index contributed by atoms with van der Waals surface area (Å²) in [6.45, 7) is 0. The Hall–Kier alpha value is -3.60. The van der Waals surface area contributed by atoms with E-state index in [-0.39, 0.29) is 0 Å². The zero-order valence-electron chi connectivity index (χ0n) is 15.3. The number of hydrogen-bond acceptors (Lipinski definition) is 5. The number of benzene rings is 3. The zero-order valence-corrected chi connectivity index (χ0v) is 15.3. The number of rotatable bonds is 4. The van der Waals surface area contributed by atoms with Gasteiger partial charge < -0.3 is 15.1 Å². The lowest BCUT2D eigenvalue weighted by molar-refractivity contribution is 0.620. The monoisotopic (exact) mass is 356 g/mol. The van der Waals surface area contributed by atoms with E-state index in [1.807, 2.05) is 74.9 Å². The van der Waals surface area contributed by atoms with Crippen LogP contribution in [0.2, 0.25) is 0 Å². The summed E-state index contributed by atoms with van der Waals surface area (Å²) in [5.74, 6) is 0.537. The molecule has 5 heteroatoms. The van der Waals surface area contributed by atoms with Crippen LogP contribution in [0.4, 0.5) is 17.1 Å². The summed E-state index contributed by atoms with van der Waals surface area (Å²) in [6, 6.07) is 21.5. The van der Waals surface area contributed by atoms with Crippen molar-refractivity contribution in [3.63, 3.8) is 0 Å². The van der Waals surface area contributed by atoms with E-state index in [2.05, 4.69) is 27.0 Å². The number of fused-ring (bicyclic) bond motifs is 1. The summed E-state index contributed by atoms with van der Waals surface area (Å²) in [5, 5.41) is 0. The van der Waals surface area contributed by atoms with E-state index in [0.29, 0.717) is 11.6 Å². The highest BCUT2D eigenvalue weighted by molar-refractivity contribution is 5.84. The highest BCUT2D eigenvalue weighted by Crippen LogP contribution is 2.29. The van der Waals surface area contributed by atoms with Crippen LogP contribution in [0.3, 0.4) is 0 Å². The first kappa shape index (κ1) is 16.8. The van der Waals surface area contributed by atoms with Gasteiger partial charge in [-0.05, 0) is 48.0 Å². The zero-order chi connectivity index (χ0) is 18.8. The van der Waals surface area contributed by atoms with Crippen LogP contribution in [0.15, 0.2) is 76.1 Å². The molecule has 0 aliphatic carbocycles. The molecule has 4 aromatic rings. The van der Waals surface area contributed by atoms with Gasteiger partial charge >= 0.3 is 0 Å². The van der Waals surface area contributed by atoms with Crippen LogP contribution in [-0.4, -0.2) is 25.3 Å². The molecule has 134 valence electrons. The van der Waals surface area contributed by atoms with Crippen molar-refractivity contribution in [1.82, 2.24) is 4.98 Å². The second-order valence-electron chi connectivity index (χ2n) is 6.54. The number of aliphatic imine (C=N–C) groups is 1. The molecule has 0 unspecified atom stereocenters. The molecule has 0 saturated heterocycles. The molecular formula is C22H20N4O. The fourth-order valence-corrected chi connectivity index (χ4v) is 2.84. The van der Waals surface area contributed by atoms with Crippen LogP contribution in [0.5, 0.6) is 0 Å². The molecule has 0 aliphatic heterocycles. The number of oxazole rings is 1. The Kier molecular flexibility index (Phi) is 4.34. The molecule has 0 amide bonds. The van der Waals surface area contributed by atoms with E-state index >= 15 is 0 Å². The first-order chi connectivity index (χ1) is 13.1. The molecule has 4 rings (SSSR count). The van der Waals surface area contributed by atoms with Gasteiger partial charge in [-0.1, -0.05) is 24.3 Å². The maximum atomic E-state index is 6.06. The van der Waals surface area contributed by atoms with Crippen molar-refractivity contribution in [2.45, 2.75) is 0 Å². The molecule has 27 heavy (non-hydrogen) atoms. The summed E-state index contributed by atoms with van der Waals surface area (Å²) in [4.78, 5) is 11.2. The van der Waals surface area contributed by atoms with E-state index in [4.69, 9.17) is 10.2 Å². The van der Waals surface area contributed by atoms with Gasteiger partial charge in [0.2, 0.25) is 5.89 Å². The minimum absolute atomic E-state index is 0.537. The van der Waals surface area contributed by atoms with Crippen molar-refractivity contribution in [2.75, 3.05) is 24.7 Å². The van der Waals surface area contributed by atoms with Gasteiger partial charge in [0, 0.05) is 37.2 Å². The van der Waals surface area contributed by atoms with E-state index in [9.17, 15) is 0 Å². The second-order valence-corrected chi connectivity index (χ2v) is 6.54. The average Bonchev–Trinajstić information content (AvgIpc) is 3.10. The summed E-state index contributed by atoms with van der Waals surface area (Å²) >= 11 is 0. The maximum Gasteiger partial charge on any atom is 0.227 e. The lowest BCUT2D eigenvalue weighted by Gasteiger charge is -2.11. The van der Waals surface area contributed by atoms with Crippen molar-refractivity contribution >= 4 is 34.4 Å². The molecule has 0 bridgehead atoms. The van der Waals surface area contributed by atoms with E-state index in [0.717, 1.165) is 33.6 Å². The number of hydrogen-bond donors (Lipinski definition) is 1. The Labute approximate surface area is 157 Å². The molecule has 0 saturated carbocycles. The Morgan fingerprint density at radius 1 is 1.00 bits per heavy atom.